The van der Waals surface area contributed by atoms with Gasteiger partial charge in [-0.05, 0) is 30.3 Å². The number of hydrogen-bond donors (Lipinski definition) is 0. The molecule has 0 aliphatic rings. The molecule has 152 valence electrons. The molecule has 1 heterocycles. The zero-order chi connectivity index (χ0) is 21.7. The third kappa shape index (κ3) is 4.58. The molecule has 30 heavy (non-hydrogen) atoms. The number of benzene rings is 2. The van der Waals surface area contributed by atoms with Crippen LogP contribution < -0.4 is 9.47 Å². The van der Waals surface area contributed by atoms with Gasteiger partial charge in [0.15, 0.2) is 12.4 Å². The minimum Gasteiger partial charge on any atom is -0.497 e. The van der Waals surface area contributed by atoms with Crippen molar-refractivity contribution in [2.75, 3.05) is 13.7 Å². The minimum atomic E-state index is -4.80. The van der Waals surface area contributed by atoms with Crippen LogP contribution in [0, 0.1) is 11.3 Å². The van der Waals surface area contributed by atoms with Gasteiger partial charge in [0.25, 0.3) is 0 Å². The van der Waals surface area contributed by atoms with Crippen LogP contribution in [-0.4, -0.2) is 24.5 Å². The lowest BCUT2D eigenvalue weighted by molar-refractivity contribution is -0.137. The summed E-state index contributed by atoms with van der Waals surface area (Å²) in [5.74, 6) is -0.485. The normalized spacial score (nSPS) is 10.9. The van der Waals surface area contributed by atoms with Crippen LogP contribution in [0.15, 0.2) is 60.7 Å². The number of ketones is 1. The number of alkyl halides is 3. The number of carbonyl (C=O) groups is 1. The molecular formula is C22H15F3N2O3. The molecule has 0 spiro atoms. The molecule has 0 aliphatic heterocycles. The summed E-state index contributed by atoms with van der Waals surface area (Å²) in [6.07, 6.45) is -4.80. The number of rotatable bonds is 6. The van der Waals surface area contributed by atoms with Gasteiger partial charge >= 0.3 is 6.18 Å². The van der Waals surface area contributed by atoms with Crippen LogP contribution in [0.5, 0.6) is 11.6 Å². The number of carbonyl (C=O) groups excluding carboxylic acids is 1. The van der Waals surface area contributed by atoms with E-state index in [4.69, 9.17) is 9.47 Å². The average molecular weight is 412 g/mol. The van der Waals surface area contributed by atoms with Gasteiger partial charge in [-0.25, -0.2) is 4.98 Å². The van der Waals surface area contributed by atoms with Crippen LogP contribution in [0.4, 0.5) is 13.2 Å². The Bertz CT molecular complexity index is 1090. The van der Waals surface area contributed by atoms with E-state index in [2.05, 4.69) is 4.98 Å². The summed E-state index contributed by atoms with van der Waals surface area (Å²) in [6, 6.07) is 16.6. The molecule has 0 N–H and O–H groups in total. The minimum absolute atomic E-state index is 0.0196. The van der Waals surface area contributed by atoms with Crippen molar-refractivity contribution in [1.29, 1.82) is 5.26 Å². The topological polar surface area (TPSA) is 72.2 Å². The summed E-state index contributed by atoms with van der Waals surface area (Å²) in [4.78, 5) is 16.4. The van der Waals surface area contributed by atoms with Gasteiger partial charge in [-0.1, -0.05) is 30.3 Å². The molecule has 5 nitrogen and oxygen atoms in total. The molecule has 0 fully saturated rings. The number of Topliss-reactive ketones (excluding diaryl/α,β-unsaturated/α-hetero) is 1. The highest BCUT2D eigenvalue weighted by atomic mass is 19.4. The number of methoxy groups -OCH3 is 1. The highest BCUT2D eigenvalue weighted by Gasteiger charge is 2.36. The summed E-state index contributed by atoms with van der Waals surface area (Å²) in [7, 11) is 1.48. The number of hydrogen-bond acceptors (Lipinski definition) is 5. The molecule has 0 bridgehead atoms. The molecule has 0 atom stereocenters. The Labute approximate surface area is 170 Å². The van der Waals surface area contributed by atoms with Crippen molar-refractivity contribution in [2.24, 2.45) is 0 Å². The van der Waals surface area contributed by atoms with Crippen molar-refractivity contribution in [1.82, 2.24) is 4.98 Å². The average Bonchev–Trinajstić information content (AvgIpc) is 2.76. The molecule has 1 aromatic heterocycles. The molecule has 0 amide bonds. The Morgan fingerprint density at radius 2 is 1.77 bits per heavy atom. The lowest BCUT2D eigenvalue weighted by atomic mass is 10.0. The van der Waals surface area contributed by atoms with Gasteiger partial charge in [-0.15, -0.1) is 0 Å². The zero-order valence-corrected chi connectivity index (χ0v) is 15.7. The van der Waals surface area contributed by atoms with Gasteiger partial charge in [0.2, 0.25) is 5.88 Å². The number of nitriles is 1. The summed E-state index contributed by atoms with van der Waals surface area (Å²) in [5, 5.41) is 9.30. The summed E-state index contributed by atoms with van der Waals surface area (Å²) < 4.78 is 50.9. The molecule has 0 saturated carbocycles. The molecule has 0 unspecified atom stereocenters. The molecule has 0 radical (unpaired) electrons. The quantitative estimate of drug-likeness (QED) is 0.538. The standard InChI is InChI=1S/C22H15F3N2O3/c1-29-16-9-7-15(8-10-16)20(28)13-30-21-17(12-26)18(22(23,24)25)11-19(27-21)14-5-3-2-4-6-14/h2-11H,13H2,1H3. The van der Waals surface area contributed by atoms with Crippen LogP contribution in [0.25, 0.3) is 11.3 Å². The highest BCUT2D eigenvalue weighted by Crippen LogP contribution is 2.37. The number of ether oxygens (including phenoxy) is 2. The Balaban J connectivity index is 1.96. The van der Waals surface area contributed by atoms with Gasteiger partial charge in [-0.3, -0.25) is 4.79 Å². The molecule has 2 aromatic carbocycles. The SMILES string of the molecule is COc1ccc(C(=O)COc2nc(-c3ccccc3)cc(C(F)(F)F)c2C#N)cc1. The van der Waals surface area contributed by atoms with Gasteiger partial charge in [0.05, 0.1) is 18.4 Å². The zero-order valence-electron chi connectivity index (χ0n) is 15.7. The van der Waals surface area contributed by atoms with Gasteiger partial charge in [0.1, 0.15) is 17.4 Å². The molecule has 8 heteroatoms. The van der Waals surface area contributed by atoms with Crippen molar-refractivity contribution < 1.29 is 27.4 Å². The van der Waals surface area contributed by atoms with E-state index in [0.29, 0.717) is 11.3 Å². The third-order valence-electron chi connectivity index (χ3n) is 4.22. The van der Waals surface area contributed by atoms with Gasteiger partial charge < -0.3 is 9.47 Å². The second-order valence-corrected chi connectivity index (χ2v) is 6.15. The third-order valence-corrected chi connectivity index (χ3v) is 4.22. The fourth-order valence-electron chi connectivity index (χ4n) is 2.71. The number of nitrogens with zero attached hydrogens (tertiary/aromatic N) is 2. The monoisotopic (exact) mass is 412 g/mol. The number of pyridine rings is 1. The maximum Gasteiger partial charge on any atom is 0.417 e. The van der Waals surface area contributed by atoms with E-state index in [-0.39, 0.29) is 11.3 Å². The van der Waals surface area contributed by atoms with E-state index in [1.54, 1.807) is 42.5 Å². The van der Waals surface area contributed by atoms with Crippen molar-refractivity contribution in [3.8, 4) is 29.0 Å². The smallest absolute Gasteiger partial charge is 0.417 e. The lowest BCUT2D eigenvalue weighted by Crippen LogP contribution is -2.16. The van der Waals surface area contributed by atoms with E-state index in [1.165, 1.54) is 25.3 Å². The molecular weight excluding hydrogens is 397 g/mol. The lowest BCUT2D eigenvalue weighted by Gasteiger charge is -2.15. The van der Waals surface area contributed by atoms with Crippen LogP contribution in [0.3, 0.4) is 0 Å². The maximum absolute atomic E-state index is 13.5. The summed E-state index contributed by atoms with van der Waals surface area (Å²) in [5.41, 5.74) is -1.27. The van der Waals surface area contributed by atoms with E-state index < -0.39 is 35.6 Å². The largest absolute Gasteiger partial charge is 0.497 e. The predicted octanol–water partition coefficient (Wildman–Crippen LogP) is 4.91. The fraction of sp³-hybridized carbons (Fsp3) is 0.136. The van der Waals surface area contributed by atoms with Crippen molar-refractivity contribution in [2.45, 2.75) is 6.18 Å². The summed E-state index contributed by atoms with van der Waals surface area (Å²) >= 11 is 0. The van der Waals surface area contributed by atoms with Crippen molar-refractivity contribution >= 4 is 5.78 Å². The highest BCUT2D eigenvalue weighted by molar-refractivity contribution is 5.97. The fourth-order valence-corrected chi connectivity index (χ4v) is 2.71. The first-order chi connectivity index (χ1) is 14.3. The second kappa shape index (κ2) is 8.66. The van der Waals surface area contributed by atoms with E-state index in [0.717, 1.165) is 6.07 Å². The van der Waals surface area contributed by atoms with Crippen LogP contribution >= 0.6 is 0 Å². The molecule has 3 aromatic rings. The molecule has 0 saturated heterocycles. The van der Waals surface area contributed by atoms with Crippen LogP contribution in [0.1, 0.15) is 21.5 Å². The molecule has 3 rings (SSSR count). The van der Waals surface area contributed by atoms with Crippen molar-refractivity contribution in [3.63, 3.8) is 0 Å². The predicted molar refractivity (Wildman–Crippen MR) is 102 cm³/mol. The summed E-state index contributed by atoms with van der Waals surface area (Å²) in [6.45, 7) is -0.580. The number of aromatic nitrogens is 1. The van der Waals surface area contributed by atoms with Gasteiger partial charge in [0, 0.05) is 11.1 Å². The molecule has 0 aliphatic carbocycles. The Kier molecular flexibility index (Phi) is 6.02. The van der Waals surface area contributed by atoms with E-state index >= 15 is 0 Å². The van der Waals surface area contributed by atoms with Gasteiger partial charge in [-0.2, -0.15) is 18.4 Å². The van der Waals surface area contributed by atoms with Crippen molar-refractivity contribution in [3.05, 3.63) is 77.4 Å². The second-order valence-electron chi connectivity index (χ2n) is 6.15. The first kappa shape index (κ1) is 20.9. The first-order valence-corrected chi connectivity index (χ1v) is 8.71. The number of halogens is 3. The van der Waals surface area contributed by atoms with E-state index in [1.807, 2.05) is 0 Å². The maximum atomic E-state index is 13.5. The first-order valence-electron chi connectivity index (χ1n) is 8.71. The van der Waals surface area contributed by atoms with Crippen LogP contribution in [-0.2, 0) is 6.18 Å². The Hall–Kier alpha value is -3.86. The Morgan fingerprint density at radius 1 is 1.10 bits per heavy atom. The Morgan fingerprint density at radius 3 is 2.33 bits per heavy atom. The van der Waals surface area contributed by atoms with E-state index in [9.17, 15) is 23.2 Å². The van der Waals surface area contributed by atoms with Crippen LogP contribution in [0.2, 0.25) is 0 Å².